The normalized spacial score (nSPS) is 21.3. The molecule has 0 bridgehead atoms. The number of alkyl halides is 3. The monoisotopic (exact) mass is 351 g/mol. The lowest BCUT2D eigenvalue weighted by Gasteiger charge is -2.40. The zero-order chi connectivity index (χ0) is 14.9. The maximum Gasteiger partial charge on any atom is 0.401 e. The molecule has 1 aromatic rings. The highest BCUT2D eigenvalue weighted by Crippen LogP contribution is 2.24. The number of pyridine rings is 1. The highest BCUT2D eigenvalue weighted by Gasteiger charge is 2.35. The number of aryl methyl sites for hydroxylation is 1. The molecule has 0 aliphatic carbocycles. The molecule has 1 unspecified atom stereocenters. The van der Waals surface area contributed by atoms with Crippen LogP contribution in [0.2, 0.25) is 0 Å². The van der Waals surface area contributed by atoms with E-state index in [0.717, 1.165) is 16.0 Å². The van der Waals surface area contributed by atoms with Crippen LogP contribution in [0.3, 0.4) is 0 Å². The summed E-state index contributed by atoms with van der Waals surface area (Å²) in [6, 6.07) is 3.67. The van der Waals surface area contributed by atoms with Gasteiger partial charge in [0, 0.05) is 30.1 Å². The van der Waals surface area contributed by atoms with Crippen LogP contribution in [0.1, 0.15) is 12.6 Å². The summed E-state index contributed by atoms with van der Waals surface area (Å²) >= 11 is 3.39. The number of hydrogen-bond donors (Lipinski definition) is 0. The van der Waals surface area contributed by atoms with Crippen molar-refractivity contribution in [3.8, 4) is 0 Å². The number of halogens is 4. The van der Waals surface area contributed by atoms with Gasteiger partial charge in [-0.05, 0) is 41.9 Å². The third-order valence-electron chi connectivity index (χ3n) is 3.48. The molecule has 1 atom stereocenters. The van der Waals surface area contributed by atoms with Crippen molar-refractivity contribution in [3.05, 3.63) is 22.3 Å². The van der Waals surface area contributed by atoms with Crippen LogP contribution in [0.15, 0.2) is 16.6 Å². The smallest absolute Gasteiger partial charge is 0.354 e. The highest BCUT2D eigenvalue weighted by atomic mass is 79.9. The van der Waals surface area contributed by atoms with E-state index in [-0.39, 0.29) is 6.04 Å². The Kier molecular flexibility index (Phi) is 4.59. The largest absolute Gasteiger partial charge is 0.401 e. The fourth-order valence-corrected chi connectivity index (χ4v) is 2.60. The van der Waals surface area contributed by atoms with Crippen LogP contribution in [-0.2, 0) is 0 Å². The summed E-state index contributed by atoms with van der Waals surface area (Å²) in [5, 5.41) is 0. The second kappa shape index (κ2) is 5.89. The lowest BCUT2D eigenvalue weighted by molar-refractivity contribution is -0.150. The number of nitrogens with zero attached hydrogens (tertiary/aromatic N) is 3. The number of hydrogen-bond acceptors (Lipinski definition) is 3. The summed E-state index contributed by atoms with van der Waals surface area (Å²) in [5.41, 5.74) is 0.882. The van der Waals surface area contributed by atoms with Gasteiger partial charge in [0.15, 0.2) is 0 Å². The molecule has 0 N–H and O–H groups in total. The van der Waals surface area contributed by atoms with E-state index >= 15 is 0 Å². The second-order valence-corrected chi connectivity index (χ2v) is 5.97. The van der Waals surface area contributed by atoms with Crippen LogP contribution in [-0.4, -0.2) is 48.3 Å². The summed E-state index contributed by atoms with van der Waals surface area (Å²) in [6.45, 7) is 4.41. The molecule has 2 rings (SSSR count). The van der Waals surface area contributed by atoms with Crippen molar-refractivity contribution in [2.75, 3.05) is 31.1 Å². The quantitative estimate of drug-likeness (QED) is 0.815. The van der Waals surface area contributed by atoms with Crippen LogP contribution in [0.5, 0.6) is 0 Å². The van der Waals surface area contributed by atoms with E-state index in [1.54, 1.807) is 0 Å². The first-order valence-electron chi connectivity index (χ1n) is 6.45. The van der Waals surface area contributed by atoms with Crippen LogP contribution in [0.4, 0.5) is 19.0 Å². The molecule has 1 aliphatic heterocycles. The summed E-state index contributed by atoms with van der Waals surface area (Å²) in [5.74, 6) is 0.823. The molecule has 0 aromatic carbocycles. The van der Waals surface area contributed by atoms with E-state index in [0.29, 0.717) is 19.6 Å². The zero-order valence-electron chi connectivity index (χ0n) is 11.4. The van der Waals surface area contributed by atoms with Crippen molar-refractivity contribution in [2.45, 2.75) is 26.1 Å². The average molecular weight is 352 g/mol. The predicted octanol–water partition coefficient (Wildman–Crippen LogP) is 3.23. The van der Waals surface area contributed by atoms with Crippen LogP contribution >= 0.6 is 15.9 Å². The molecular weight excluding hydrogens is 335 g/mol. The van der Waals surface area contributed by atoms with Crippen molar-refractivity contribution in [1.29, 1.82) is 0 Å². The van der Waals surface area contributed by atoms with Gasteiger partial charge in [0.05, 0.1) is 12.2 Å². The van der Waals surface area contributed by atoms with E-state index in [1.807, 2.05) is 30.9 Å². The van der Waals surface area contributed by atoms with Gasteiger partial charge in [-0.1, -0.05) is 0 Å². The zero-order valence-corrected chi connectivity index (χ0v) is 13.0. The number of anilines is 1. The third-order valence-corrected chi connectivity index (χ3v) is 4.32. The van der Waals surface area contributed by atoms with Crippen molar-refractivity contribution in [3.63, 3.8) is 0 Å². The van der Waals surface area contributed by atoms with Gasteiger partial charge in [-0.3, -0.25) is 4.90 Å². The van der Waals surface area contributed by atoms with Crippen molar-refractivity contribution < 1.29 is 13.2 Å². The van der Waals surface area contributed by atoms with Crippen LogP contribution in [0.25, 0.3) is 0 Å². The molecule has 0 spiro atoms. The minimum Gasteiger partial charge on any atom is -0.354 e. The van der Waals surface area contributed by atoms with Crippen molar-refractivity contribution >= 4 is 21.7 Å². The van der Waals surface area contributed by atoms with Gasteiger partial charge in [-0.2, -0.15) is 13.2 Å². The molecule has 1 aliphatic rings. The molecule has 7 heteroatoms. The summed E-state index contributed by atoms with van der Waals surface area (Å²) in [7, 11) is 0. The van der Waals surface area contributed by atoms with E-state index in [2.05, 4.69) is 20.9 Å². The molecule has 0 amide bonds. The van der Waals surface area contributed by atoms with Gasteiger partial charge in [0.25, 0.3) is 0 Å². The molecule has 0 radical (unpaired) electrons. The second-order valence-electron chi connectivity index (χ2n) is 5.12. The Morgan fingerprint density at radius 2 is 2.05 bits per heavy atom. The molecule has 3 nitrogen and oxygen atoms in total. The van der Waals surface area contributed by atoms with E-state index in [1.165, 1.54) is 4.90 Å². The van der Waals surface area contributed by atoms with Gasteiger partial charge < -0.3 is 4.90 Å². The molecule has 2 heterocycles. The maximum absolute atomic E-state index is 12.5. The van der Waals surface area contributed by atoms with Gasteiger partial charge in [-0.25, -0.2) is 4.98 Å². The topological polar surface area (TPSA) is 19.4 Å². The Labute approximate surface area is 124 Å². The van der Waals surface area contributed by atoms with Gasteiger partial charge >= 0.3 is 6.18 Å². The first kappa shape index (κ1) is 15.6. The summed E-state index contributed by atoms with van der Waals surface area (Å²) < 4.78 is 38.3. The molecule has 1 saturated heterocycles. The van der Waals surface area contributed by atoms with Crippen LogP contribution < -0.4 is 4.90 Å². The molecular formula is C13H17BrF3N3. The van der Waals surface area contributed by atoms with E-state index in [4.69, 9.17) is 0 Å². The van der Waals surface area contributed by atoms with Crippen molar-refractivity contribution in [1.82, 2.24) is 9.88 Å². The number of piperazine rings is 1. The molecule has 112 valence electrons. The van der Waals surface area contributed by atoms with E-state index in [9.17, 15) is 13.2 Å². The lowest BCUT2D eigenvalue weighted by Crippen LogP contribution is -2.54. The first-order valence-corrected chi connectivity index (χ1v) is 7.24. The Morgan fingerprint density at radius 1 is 1.35 bits per heavy atom. The van der Waals surface area contributed by atoms with Crippen LogP contribution in [0, 0.1) is 6.92 Å². The highest BCUT2D eigenvalue weighted by molar-refractivity contribution is 9.10. The number of rotatable bonds is 2. The number of aromatic nitrogens is 1. The van der Waals surface area contributed by atoms with Gasteiger partial charge in [-0.15, -0.1) is 0 Å². The lowest BCUT2D eigenvalue weighted by atomic mass is 10.2. The Hall–Kier alpha value is -0.820. The fraction of sp³-hybridized carbons (Fsp3) is 0.615. The van der Waals surface area contributed by atoms with Gasteiger partial charge in [0.1, 0.15) is 5.82 Å². The first-order chi connectivity index (χ1) is 9.26. The van der Waals surface area contributed by atoms with Gasteiger partial charge in [0.2, 0.25) is 0 Å². The molecule has 20 heavy (non-hydrogen) atoms. The SMILES string of the molecule is Cc1nc(N2CCN(CC(F)(F)F)C(C)C2)ccc1Br. The minimum atomic E-state index is -4.14. The summed E-state index contributed by atoms with van der Waals surface area (Å²) in [4.78, 5) is 7.98. The minimum absolute atomic E-state index is 0.142. The molecule has 1 fully saturated rings. The summed E-state index contributed by atoms with van der Waals surface area (Å²) in [6.07, 6.45) is -4.14. The van der Waals surface area contributed by atoms with Crippen molar-refractivity contribution in [2.24, 2.45) is 0 Å². The standard InChI is InChI=1S/C13H17BrF3N3/c1-9-7-19(5-6-20(9)8-13(15,16)17)12-4-3-11(14)10(2)18-12/h3-4,9H,5-8H2,1-2H3. The Morgan fingerprint density at radius 3 is 2.60 bits per heavy atom. The Bertz CT molecular complexity index is 478. The predicted molar refractivity (Wildman–Crippen MR) is 76.0 cm³/mol. The molecule has 0 saturated carbocycles. The molecule has 1 aromatic heterocycles. The maximum atomic E-state index is 12.5. The van der Waals surface area contributed by atoms with E-state index < -0.39 is 12.7 Å². The average Bonchev–Trinajstić information content (AvgIpc) is 2.34. The Balaban J connectivity index is 2.03. The third kappa shape index (κ3) is 3.85. The fourth-order valence-electron chi connectivity index (χ4n) is 2.38.